The largest absolute Gasteiger partial charge is 0.444 e. The molecule has 0 aliphatic carbocycles. The highest BCUT2D eigenvalue weighted by atomic mass is 35.5. The van der Waals surface area contributed by atoms with Crippen LogP contribution >= 0.6 is 35.1 Å². The van der Waals surface area contributed by atoms with Gasteiger partial charge in [-0.3, -0.25) is 4.79 Å². The summed E-state index contributed by atoms with van der Waals surface area (Å²) in [4.78, 5) is 24.2. The van der Waals surface area contributed by atoms with Crippen molar-refractivity contribution in [3.05, 3.63) is 35.2 Å². The standard InChI is InChI=1S/C19H25ClN4O4S2/c1-19(2,3)28-17(26)22-14(8-9-29-4)16-23-24-18(27-16)30-11-15(25)21-13-7-5-6-12(20)10-13/h5-7,10,14H,8-9,11H2,1-4H3,(H,21,25)(H,22,26)/t14-/m1/s1. The van der Waals surface area contributed by atoms with Crippen molar-refractivity contribution in [2.75, 3.05) is 23.1 Å². The number of nitrogens with zero attached hydrogens (tertiary/aromatic N) is 2. The number of hydrogen-bond acceptors (Lipinski definition) is 8. The van der Waals surface area contributed by atoms with Crippen molar-refractivity contribution in [3.63, 3.8) is 0 Å². The number of carbonyl (C=O) groups excluding carboxylic acids is 2. The lowest BCUT2D eigenvalue weighted by Gasteiger charge is -2.22. The van der Waals surface area contributed by atoms with Gasteiger partial charge in [-0.2, -0.15) is 11.8 Å². The van der Waals surface area contributed by atoms with Crippen molar-refractivity contribution in [1.29, 1.82) is 0 Å². The van der Waals surface area contributed by atoms with Crippen LogP contribution in [-0.2, 0) is 9.53 Å². The first-order chi connectivity index (χ1) is 14.2. The Morgan fingerprint density at radius 1 is 1.30 bits per heavy atom. The Labute approximate surface area is 189 Å². The van der Waals surface area contributed by atoms with Gasteiger partial charge in [-0.15, -0.1) is 10.2 Å². The first kappa shape index (κ1) is 24.4. The van der Waals surface area contributed by atoms with E-state index in [1.54, 1.807) is 56.8 Å². The molecule has 30 heavy (non-hydrogen) atoms. The molecule has 164 valence electrons. The summed E-state index contributed by atoms with van der Waals surface area (Å²) in [5.41, 5.74) is -0.00151. The number of nitrogens with one attached hydrogen (secondary N) is 2. The van der Waals surface area contributed by atoms with Crippen LogP contribution < -0.4 is 10.6 Å². The van der Waals surface area contributed by atoms with Crippen molar-refractivity contribution < 1.29 is 18.7 Å². The summed E-state index contributed by atoms with van der Waals surface area (Å²) in [6.07, 6.45) is 2.02. The van der Waals surface area contributed by atoms with Crippen molar-refractivity contribution in [3.8, 4) is 0 Å². The molecule has 0 bridgehead atoms. The number of thioether (sulfide) groups is 2. The van der Waals surface area contributed by atoms with Gasteiger partial charge in [0.05, 0.1) is 5.75 Å². The maximum absolute atomic E-state index is 12.1. The van der Waals surface area contributed by atoms with Gasteiger partial charge in [0.25, 0.3) is 5.22 Å². The molecule has 0 aliphatic heterocycles. The normalized spacial score (nSPS) is 12.3. The van der Waals surface area contributed by atoms with Gasteiger partial charge in [0.15, 0.2) is 0 Å². The van der Waals surface area contributed by atoms with Crippen molar-refractivity contribution in [2.45, 2.75) is 44.1 Å². The summed E-state index contributed by atoms with van der Waals surface area (Å²) < 4.78 is 11.0. The first-order valence-electron chi connectivity index (χ1n) is 9.16. The average molecular weight is 473 g/mol. The predicted molar refractivity (Wildman–Crippen MR) is 120 cm³/mol. The summed E-state index contributed by atoms with van der Waals surface area (Å²) in [6.45, 7) is 5.37. The molecule has 0 aliphatic rings. The van der Waals surface area contributed by atoms with Gasteiger partial charge in [0, 0.05) is 10.7 Å². The van der Waals surface area contributed by atoms with E-state index in [0.29, 0.717) is 17.1 Å². The molecule has 0 spiro atoms. The van der Waals surface area contributed by atoms with Gasteiger partial charge < -0.3 is 19.8 Å². The van der Waals surface area contributed by atoms with Crippen LogP contribution in [0, 0.1) is 0 Å². The van der Waals surface area contributed by atoms with E-state index >= 15 is 0 Å². The number of carbonyl (C=O) groups is 2. The van der Waals surface area contributed by atoms with Crippen LogP contribution in [0.25, 0.3) is 0 Å². The summed E-state index contributed by atoms with van der Waals surface area (Å²) in [5.74, 6) is 0.914. The fraction of sp³-hybridized carbons (Fsp3) is 0.474. The van der Waals surface area contributed by atoms with Crippen molar-refractivity contribution >= 4 is 52.8 Å². The Hall–Kier alpha value is -1.91. The Bertz CT molecular complexity index is 857. The number of alkyl carbamates (subject to hydrolysis) is 1. The minimum absolute atomic E-state index is 0.0864. The fourth-order valence-electron chi connectivity index (χ4n) is 2.25. The molecule has 0 saturated heterocycles. The number of halogens is 1. The number of benzene rings is 1. The van der Waals surface area contributed by atoms with Crippen LogP contribution in [0.4, 0.5) is 10.5 Å². The molecule has 8 nitrogen and oxygen atoms in total. The van der Waals surface area contributed by atoms with Crippen LogP contribution in [0.3, 0.4) is 0 Å². The minimum atomic E-state index is -0.611. The molecular formula is C19H25ClN4O4S2. The third kappa shape index (κ3) is 8.85. The third-order valence-corrected chi connectivity index (χ3v) is 5.15. The molecule has 1 aromatic heterocycles. The number of rotatable bonds is 9. The van der Waals surface area contributed by atoms with E-state index in [9.17, 15) is 9.59 Å². The maximum atomic E-state index is 12.1. The Morgan fingerprint density at radius 2 is 2.07 bits per heavy atom. The highest BCUT2D eigenvalue weighted by Crippen LogP contribution is 2.23. The summed E-state index contributed by atoms with van der Waals surface area (Å²) >= 11 is 8.66. The molecule has 1 atom stereocenters. The zero-order valence-electron chi connectivity index (χ0n) is 17.2. The van der Waals surface area contributed by atoms with E-state index in [1.807, 2.05) is 6.26 Å². The maximum Gasteiger partial charge on any atom is 0.408 e. The lowest BCUT2D eigenvalue weighted by Crippen LogP contribution is -2.35. The van der Waals surface area contributed by atoms with Gasteiger partial charge in [-0.05, 0) is 57.4 Å². The van der Waals surface area contributed by atoms with E-state index in [0.717, 1.165) is 17.5 Å². The molecule has 0 unspecified atom stereocenters. The van der Waals surface area contributed by atoms with Crippen LogP contribution in [0.2, 0.25) is 5.02 Å². The smallest absolute Gasteiger partial charge is 0.408 e. The van der Waals surface area contributed by atoms with Gasteiger partial charge in [-0.25, -0.2) is 4.79 Å². The van der Waals surface area contributed by atoms with E-state index < -0.39 is 17.7 Å². The first-order valence-corrected chi connectivity index (χ1v) is 11.9. The highest BCUT2D eigenvalue weighted by molar-refractivity contribution is 7.99. The number of anilines is 1. The second kappa shape index (κ2) is 11.5. The molecule has 0 radical (unpaired) electrons. The summed E-state index contributed by atoms with van der Waals surface area (Å²) in [5, 5.41) is 14.3. The number of ether oxygens (including phenoxy) is 1. The summed E-state index contributed by atoms with van der Waals surface area (Å²) in [6, 6.07) is 6.41. The highest BCUT2D eigenvalue weighted by Gasteiger charge is 2.24. The lowest BCUT2D eigenvalue weighted by atomic mass is 10.2. The van der Waals surface area contributed by atoms with Crippen LogP contribution in [-0.4, -0.2) is 45.6 Å². The Morgan fingerprint density at radius 3 is 2.73 bits per heavy atom. The Balaban J connectivity index is 1.93. The van der Waals surface area contributed by atoms with Crippen LogP contribution in [0.1, 0.15) is 39.1 Å². The average Bonchev–Trinajstić information content (AvgIpc) is 3.11. The van der Waals surface area contributed by atoms with E-state index in [4.69, 9.17) is 20.8 Å². The third-order valence-electron chi connectivity index (χ3n) is 3.46. The topological polar surface area (TPSA) is 106 Å². The molecule has 0 fully saturated rings. The van der Waals surface area contributed by atoms with Crippen LogP contribution in [0.5, 0.6) is 0 Å². The zero-order valence-corrected chi connectivity index (χ0v) is 19.6. The van der Waals surface area contributed by atoms with Crippen molar-refractivity contribution in [2.24, 2.45) is 0 Å². The Kier molecular flexibility index (Phi) is 9.32. The molecule has 0 saturated carbocycles. The minimum Gasteiger partial charge on any atom is -0.444 e. The second-order valence-corrected chi connectivity index (χ2v) is 9.58. The molecule has 11 heteroatoms. The molecule has 2 N–H and O–H groups in total. The second-order valence-electron chi connectivity index (χ2n) is 7.23. The number of hydrogen-bond donors (Lipinski definition) is 2. The van der Waals surface area contributed by atoms with E-state index in [-0.39, 0.29) is 22.8 Å². The molecule has 2 rings (SSSR count). The molecule has 1 aromatic carbocycles. The summed E-state index contributed by atoms with van der Waals surface area (Å²) in [7, 11) is 0. The van der Waals surface area contributed by atoms with E-state index in [2.05, 4.69) is 20.8 Å². The number of aromatic nitrogens is 2. The SMILES string of the molecule is CSCC[C@@H](NC(=O)OC(C)(C)C)c1nnc(SCC(=O)Nc2cccc(Cl)c2)o1. The van der Waals surface area contributed by atoms with Gasteiger partial charge >= 0.3 is 6.09 Å². The molecule has 1 heterocycles. The predicted octanol–water partition coefficient (Wildman–Crippen LogP) is 4.77. The fourth-order valence-corrected chi connectivity index (χ4v) is 3.48. The monoisotopic (exact) mass is 472 g/mol. The molecule has 2 amide bonds. The van der Waals surface area contributed by atoms with Gasteiger partial charge in [0.1, 0.15) is 11.6 Å². The van der Waals surface area contributed by atoms with Gasteiger partial charge in [-0.1, -0.05) is 29.4 Å². The zero-order chi connectivity index (χ0) is 22.1. The number of amides is 2. The van der Waals surface area contributed by atoms with E-state index in [1.165, 1.54) is 0 Å². The molecular weight excluding hydrogens is 448 g/mol. The van der Waals surface area contributed by atoms with Gasteiger partial charge in [0.2, 0.25) is 11.8 Å². The lowest BCUT2D eigenvalue weighted by molar-refractivity contribution is -0.113. The van der Waals surface area contributed by atoms with Crippen molar-refractivity contribution in [1.82, 2.24) is 15.5 Å². The van der Waals surface area contributed by atoms with Crippen LogP contribution in [0.15, 0.2) is 33.9 Å². The quantitative estimate of drug-likeness (QED) is 0.502. The molecule has 2 aromatic rings.